The minimum atomic E-state index is 0.303. The Morgan fingerprint density at radius 1 is 1.54 bits per heavy atom. The Hall–Kier alpha value is -0.0800. The molecule has 2 aliphatic rings. The van der Waals surface area contributed by atoms with Crippen LogP contribution in [0.25, 0.3) is 0 Å². The van der Waals surface area contributed by atoms with E-state index in [1.165, 1.54) is 38.5 Å². The van der Waals surface area contributed by atoms with Gasteiger partial charge in [-0.2, -0.15) is 0 Å². The summed E-state index contributed by atoms with van der Waals surface area (Å²) in [5.41, 5.74) is 6.13. The highest BCUT2D eigenvalue weighted by molar-refractivity contribution is 4.94. The van der Waals surface area contributed by atoms with Gasteiger partial charge in [-0.1, -0.05) is 0 Å². The number of nitrogens with two attached hydrogens (primary N) is 1. The Labute approximate surface area is 80.8 Å². The van der Waals surface area contributed by atoms with Gasteiger partial charge in [0.25, 0.3) is 0 Å². The molecular formula is C11H21NO. The SMILES string of the molecule is CC(N)CC1CCOC2(CCC2)C1. The Morgan fingerprint density at radius 3 is 2.85 bits per heavy atom. The van der Waals surface area contributed by atoms with Crippen LogP contribution in [0.5, 0.6) is 0 Å². The topological polar surface area (TPSA) is 35.2 Å². The van der Waals surface area contributed by atoms with Crippen molar-refractivity contribution in [2.45, 2.75) is 57.1 Å². The molecule has 2 fully saturated rings. The maximum atomic E-state index is 5.87. The zero-order valence-electron chi connectivity index (χ0n) is 8.59. The number of ether oxygens (including phenoxy) is 1. The molecule has 2 heteroatoms. The van der Waals surface area contributed by atoms with Gasteiger partial charge in [0.15, 0.2) is 0 Å². The maximum Gasteiger partial charge on any atom is 0.0685 e. The molecule has 0 aromatic carbocycles. The molecule has 1 aliphatic carbocycles. The fourth-order valence-electron chi connectivity index (χ4n) is 2.78. The normalized spacial score (nSPS) is 34.2. The van der Waals surface area contributed by atoms with Crippen LogP contribution in [0.15, 0.2) is 0 Å². The van der Waals surface area contributed by atoms with Gasteiger partial charge in [-0.15, -0.1) is 0 Å². The van der Waals surface area contributed by atoms with Gasteiger partial charge in [-0.3, -0.25) is 0 Å². The molecule has 0 aromatic heterocycles. The molecule has 0 amide bonds. The van der Waals surface area contributed by atoms with Gasteiger partial charge in [0.05, 0.1) is 5.60 Å². The van der Waals surface area contributed by atoms with E-state index < -0.39 is 0 Å². The van der Waals surface area contributed by atoms with Crippen LogP contribution in [0.1, 0.15) is 45.4 Å². The Morgan fingerprint density at radius 2 is 2.31 bits per heavy atom. The molecule has 1 aliphatic heterocycles. The fraction of sp³-hybridized carbons (Fsp3) is 1.00. The standard InChI is InChI=1S/C11H21NO/c1-9(12)7-10-3-6-13-11(8-10)4-2-5-11/h9-10H,2-8,12H2,1H3. The summed E-state index contributed by atoms with van der Waals surface area (Å²) in [5.74, 6) is 0.828. The first kappa shape index (κ1) is 9.47. The first-order valence-electron chi connectivity index (χ1n) is 5.60. The fourth-order valence-corrected chi connectivity index (χ4v) is 2.78. The van der Waals surface area contributed by atoms with Crippen LogP contribution >= 0.6 is 0 Å². The van der Waals surface area contributed by atoms with Crippen molar-refractivity contribution in [1.29, 1.82) is 0 Å². The largest absolute Gasteiger partial charge is 0.375 e. The molecule has 2 rings (SSSR count). The van der Waals surface area contributed by atoms with Crippen molar-refractivity contribution in [2.24, 2.45) is 11.7 Å². The number of hydrogen-bond acceptors (Lipinski definition) is 2. The summed E-state index contributed by atoms with van der Waals surface area (Å²) >= 11 is 0. The van der Waals surface area contributed by atoms with Gasteiger partial charge in [0, 0.05) is 12.6 Å². The Kier molecular flexibility index (Phi) is 2.61. The average Bonchev–Trinajstić information content (AvgIpc) is 2.01. The first-order valence-corrected chi connectivity index (χ1v) is 5.60. The van der Waals surface area contributed by atoms with Gasteiger partial charge < -0.3 is 10.5 Å². The molecule has 2 nitrogen and oxygen atoms in total. The van der Waals surface area contributed by atoms with Crippen molar-refractivity contribution in [1.82, 2.24) is 0 Å². The van der Waals surface area contributed by atoms with Crippen LogP contribution in [0, 0.1) is 5.92 Å². The number of rotatable bonds is 2. The summed E-state index contributed by atoms with van der Waals surface area (Å²) in [5, 5.41) is 0. The molecule has 1 heterocycles. The predicted molar refractivity (Wildman–Crippen MR) is 53.5 cm³/mol. The maximum absolute atomic E-state index is 5.87. The van der Waals surface area contributed by atoms with Gasteiger partial charge >= 0.3 is 0 Å². The van der Waals surface area contributed by atoms with E-state index in [4.69, 9.17) is 10.5 Å². The van der Waals surface area contributed by atoms with E-state index in [1.807, 2.05) is 0 Å². The third-order valence-electron chi connectivity index (χ3n) is 3.56. The zero-order valence-corrected chi connectivity index (χ0v) is 8.59. The lowest BCUT2D eigenvalue weighted by molar-refractivity contribution is -0.144. The highest BCUT2D eigenvalue weighted by Crippen LogP contribution is 2.45. The van der Waals surface area contributed by atoms with Crippen molar-refractivity contribution in [3.63, 3.8) is 0 Å². The van der Waals surface area contributed by atoms with E-state index in [-0.39, 0.29) is 0 Å². The molecule has 2 N–H and O–H groups in total. The lowest BCUT2D eigenvalue weighted by Crippen LogP contribution is -2.46. The molecule has 13 heavy (non-hydrogen) atoms. The summed E-state index contributed by atoms with van der Waals surface area (Å²) in [6.45, 7) is 3.08. The van der Waals surface area contributed by atoms with Crippen LogP contribution in [-0.4, -0.2) is 18.2 Å². The molecule has 2 unspecified atom stereocenters. The van der Waals surface area contributed by atoms with Crippen LogP contribution in [0.4, 0.5) is 0 Å². The van der Waals surface area contributed by atoms with Crippen molar-refractivity contribution in [3.8, 4) is 0 Å². The molecule has 0 radical (unpaired) electrons. The van der Waals surface area contributed by atoms with Crippen LogP contribution in [-0.2, 0) is 4.74 Å². The highest BCUT2D eigenvalue weighted by atomic mass is 16.5. The Bertz CT molecular complexity index is 175. The van der Waals surface area contributed by atoms with Crippen molar-refractivity contribution in [2.75, 3.05) is 6.61 Å². The molecule has 2 atom stereocenters. The Balaban J connectivity index is 1.85. The summed E-state index contributed by atoms with van der Waals surface area (Å²) < 4.78 is 5.87. The third kappa shape index (κ3) is 2.05. The van der Waals surface area contributed by atoms with Crippen LogP contribution < -0.4 is 5.73 Å². The average molecular weight is 183 g/mol. The van der Waals surface area contributed by atoms with E-state index in [0.717, 1.165) is 12.5 Å². The van der Waals surface area contributed by atoms with Gasteiger partial charge in [-0.25, -0.2) is 0 Å². The quantitative estimate of drug-likeness (QED) is 0.711. The molecule has 0 bridgehead atoms. The summed E-state index contributed by atoms with van der Waals surface area (Å²) in [6.07, 6.45) is 7.64. The van der Waals surface area contributed by atoms with E-state index in [9.17, 15) is 0 Å². The predicted octanol–water partition coefficient (Wildman–Crippen LogP) is 2.07. The molecule has 76 valence electrons. The molecule has 1 spiro atoms. The third-order valence-corrected chi connectivity index (χ3v) is 3.56. The van der Waals surface area contributed by atoms with E-state index in [0.29, 0.717) is 11.6 Å². The molecule has 1 saturated carbocycles. The van der Waals surface area contributed by atoms with E-state index >= 15 is 0 Å². The minimum Gasteiger partial charge on any atom is -0.375 e. The minimum absolute atomic E-state index is 0.303. The van der Waals surface area contributed by atoms with Gasteiger partial charge in [0.2, 0.25) is 0 Å². The van der Waals surface area contributed by atoms with Gasteiger partial charge in [0.1, 0.15) is 0 Å². The second kappa shape index (κ2) is 3.58. The van der Waals surface area contributed by atoms with Crippen molar-refractivity contribution >= 4 is 0 Å². The summed E-state index contributed by atoms with van der Waals surface area (Å²) in [6, 6.07) is 0.361. The second-order valence-electron chi connectivity index (χ2n) is 4.96. The van der Waals surface area contributed by atoms with Crippen molar-refractivity contribution < 1.29 is 4.74 Å². The molecule has 0 aromatic rings. The summed E-state index contributed by atoms with van der Waals surface area (Å²) in [7, 11) is 0. The lowest BCUT2D eigenvalue weighted by Gasteiger charge is -2.47. The zero-order chi connectivity index (χ0) is 9.31. The first-order chi connectivity index (χ1) is 6.20. The van der Waals surface area contributed by atoms with Gasteiger partial charge in [-0.05, 0) is 51.4 Å². The van der Waals surface area contributed by atoms with Crippen LogP contribution in [0.2, 0.25) is 0 Å². The van der Waals surface area contributed by atoms with Crippen molar-refractivity contribution in [3.05, 3.63) is 0 Å². The van der Waals surface area contributed by atoms with Crippen LogP contribution in [0.3, 0.4) is 0 Å². The lowest BCUT2D eigenvalue weighted by atomic mass is 9.71. The molecular weight excluding hydrogens is 162 g/mol. The van der Waals surface area contributed by atoms with E-state index in [2.05, 4.69) is 6.92 Å². The monoisotopic (exact) mass is 183 g/mol. The smallest absolute Gasteiger partial charge is 0.0685 e. The molecule has 1 saturated heterocycles. The summed E-state index contributed by atoms with van der Waals surface area (Å²) in [4.78, 5) is 0. The van der Waals surface area contributed by atoms with E-state index in [1.54, 1.807) is 0 Å². The number of hydrogen-bond donors (Lipinski definition) is 1. The second-order valence-corrected chi connectivity index (χ2v) is 4.96. The highest BCUT2D eigenvalue weighted by Gasteiger charge is 2.42.